The Morgan fingerprint density at radius 2 is 1.88 bits per heavy atom. The summed E-state index contributed by atoms with van der Waals surface area (Å²) >= 11 is 0. The topological polar surface area (TPSA) is 41.6 Å². The van der Waals surface area contributed by atoms with Gasteiger partial charge in [0.1, 0.15) is 5.75 Å². The number of ether oxygens (including phenoxy) is 1. The molecule has 4 nitrogen and oxygen atoms in total. The zero-order valence-electron chi connectivity index (χ0n) is 13.8. The minimum atomic E-state index is -0.981. The number of carbonyl (C=O) groups is 1. The van der Waals surface area contributed by atoms with Gasteiger partial charge in [0.05, 0.1) is 0 Å². The number of fused-ring (bicyclic) bond motifs is 2. The van der Waals surface area contributed by atoms with Gasteiger partial charge in [-0.3, -0.25) is 4.79 Å². The smallest absolute Gasteiger partial charge is 0.263 e. The number of likely N-dealkylation sites (N-methyl/N-ethyl adjacent to an activating group) is 1. The van der Waals surface area contributed by atoms with E-state index in [1.54, 1.807) is 18.9 Å². The van der Waals surface area contributed by atoms with Crippen molar-refractivity contribution < 1.29 is 18.3 Å². The Hall–Kier alpha value is -1.40. The fraction of sp³-hybridized carbons (Fsp3) is 0.588. The van der Waals surface area contributed by atoms with Crippen molar-refractivity contribution in [3.05, 3.63) is 29.8 Å². The molecule has 0 spiro atoms. The van der Waals surface area contributed by atoms with E-state index in [0.29, 0.717) is 12.1 Å². The molecule has 24 heavy (non-hydrogen) atoms. The highest BCUT2D eigenvalue weighted by Crippen LogP contribution is 2.29. The number of halogens is 3. The molecular formula is C17H23ClF2N2O2. The Morgan fingerprint density at radius 1 is 1.25 bits per heavy atom. The highest BCUT2D eigenvalue weighted by molar-refractivity contribution is 5.85. The number of benzene rings is 1. The maximum absolute atomic E-state index is 13.2. The number of nitrogens with zero attached hydrogens (tertiary/aromatic N) is 1. The van der Waals surface area contributed by atoms with Gasteiger partial charge in [0.2, 0.25) is 0 Å². The molecule has 1 N–H and O–H groups in total. The number of carbonyl (C=O) groups excluding carboxylic acids is 1. The van der Waals surface area contributed by atoms with Crippen molar-refractivity contribution in [1.82, 2.24) is 10.2 Å². The summed E-state index contributed by atoms with van der Waals surface area (Å²) < 4.78 is 31.6. The summed E-state index contributed by atoms with van der Waals surface area (Å²) in [4.78, 5) is 14.3. The zero-order valence-corrected chi connectivity index (χ0v) is 14.6. The molecule has 2 fully saturated rings. The van der Waals surface area contributed by atoms with Gasteiger partial charge in [0.25, 0.3) is 5.91 Å². The van der Waals surface area contributed by atoms with Crippen LogP contribution >= 0.6 is 12.4 Å². The van der Waals surface area contributed by atoms with Crippen LogP contribution in [-0.4, -0.2) is 42.1 Å². The van der Waals surface area contributed by atoms with Gasteiger partial charge in [0, 0.05) is 31.2 Å². The van der Waals surface area contributed by atoms with Crippen LogP contribution in [0.5, 0.6) is 5.75 Å². The standard InChI is InChI=1S/C17H22F2N2O2.ClH/c1-10(23-14-5-6-15(18)16(19)9-14)17(22)21(2)13-7-11-3-4-12(8-13)20-11;/h5-6,9-13,20H,3-4,7-8H2,1-2H3;1H. The van der Waals surface area contributed by atoms with E-state index >= 15 is 0 Å². The summed E-state index contributed by atoms with van der Waals surface area (Å²) in [6, 6.07) is 4.48. The number of hydrogen-bond acceptors (Lipinski definition) is 3. The van der Waals surface area contributed by atoms with Crippen molar-refractivity contribution in [2.45, 2.75) is 56.8 Å². The molecule has 2 bridgehead atoms. The normalized spacial score (nSPS) is 26.4. The third-order valence-electron chi connectivity index (χ3n) is 4.90. The predicted molar refractivity (Wildman–Crippen MR) is 89.4 cm³/mol. The van der Waals surface area contributed by atoms with Gasteiger partial charge < -0.3 is 15.0 Å². The van der Waals surface area contributed by atoms with Crippen molar-refractivity contribution >= 4 is 18.3 Å². The molecule has 2 aliphatic heterocycles. The van der Waals surface area contributed by atoms with E-state index in [1.807, 2.05) is 0 Å². The first-order valence-electron chi connectivity index (χ1n) is 8.08. The largest absolute Gasteiger partial charge is 0.481 e. The Bertz CT molecular complexity index is 590. The van der Waals surface area contributed by atoms with Gasteiger partial charge in [-0.2, -0.15) is 0 Å². The number of nitrogens with one attached hydrogen (secondary N) is 1. The monoisotopic (exact) mass is 360 g/mol. The lowest BCUT2D eigenvalue weighted by Gasteiger charge is -2.36. The Balaban J connectivity index is 0.00000208. The second kappa shape index (κ2) is 7.66. The fourth-order valence-electron chi connectivity index (χ4n) is 3.61. The molecule has 3 unspecified atom stereocenters. The van der Waals surface area contributed by atoms with E-state index in [0.717, 1.165) is 25.0 Å². The molecule has 1 aromatic rings. The molecule has 0 aromatic heterocycles. The molecule has 3 rings (SSSR count). The van der Waals surface area contributed by atoms with Gasteiger partial charge in [-0.15, -0.1) is 12.4 Å². The van der Waals surface area contributed by atoms with Crippen LogP contribution < -0.4 is 10.1 Å². The van der Waals surface area contributed by atoms with Gasteiger partial charge in [-0.05, 0) is 44.7 Å². The van der Waals surface area contributed by atoms with Crippen molar-refractivity contribution in [3.63, 3.8) is 0 Å². The molecular weight excluding hydrogens is 338 g/mol. The summed E-state index contributed by atoms with van der Waals surface area (Å²) in [7, 11) is 1.79. The van der Waals surface area contributed by atoms with Crippen molar-refractivity contribution in [2.24, 2.45) is 0 Å². The molecule has 0 radical (unpaired) electrons. The first-order chi connectivity index (χ1) is 10.9. The molecule has 7 heteroatoms. The lowest BCUT2D eigenvalue weighted by atomic mass is 9.98. The van der Waals surface area contributed by atoms with Crippen molar-refractivity contribution in [1.29, 1.82) is 0 Å². The quantitative estimate of drug-likeness (QED) is 0.897. The van der Waals surface area contributed by atoms with E-state index in [9.17, 15) is 13.6 Å². The van der Waals surface area contributed by atoms with Crippen LogP contribution in [0.15, 0.2) is 18.2 Å². The van der Waals surface area contributed by atoms with Gasteiger partial charge in [0.15, 0.2) is 17.7 Å². The van der Waals surface area contributed by atoms with Crippen LogP contribution in [0.25, 0.3) is 0 Å². The molecule has 0 aliphatic carbocycles. The van der Waals surface area contributed by atoms with Crippen LogP contribution in [0.1, 0.15) is 32.6 Å². The first-order valence-corrected chi connectivity index (χ1v) is 8.08. The molecule has 3 atom stereocenters. The third-order valence-corrected chi connectivity index (χ3v) is 4.90. The van der Waals surface area contributed by atoms with Crippen molar-refractivity contribution in [3.8, 4) is 5.75 Å². The second-order valence-electron chi connectivity index (χ2n) is 6.55. The van der Waals surface area contributed by atoms with Crippen LogP contribution in [0.4, 0.5) is 8.78 Å². The van der Waals surface area contributed by atoms with E-state index < -0.39 is 17.7 Å². The maximum atomic E-state index is 13.2. The molecule has 1 amide bonds. The Kier molecular flexibility index (Phi) is 6.04. The van der Waals surface area contributed by atoms with Crippen LogP contribution in [0, 0.1) is 11.6 Å². The van der Waals surface area contributed by atoms with E-state index in [4.69, 9.17) is 4.74 Å². The van der Waals surface area contributed by atoms with Crippen molar-refractivity contribution in [2.75, 3.05) is 7.05 Å². The minimum absolute atomic E-state index is 0. The third kappa shape index (κ3) is 3.98. The van der Waals surface area contributed by atoms with Gasteiger partial charge in [-0.1, -0.05) is 0 Å². The lowest BCUT2D eigenvalue weighted by Crippen LogP contribution is -2.51. The first kappa shape index (κ1) is 18.9. The van der Waals surface area contributed by atoms with Gasteiger partial charge >= 0.3 is 0 Å². The lowest BCUT2D eigenvalue weighted by molar-refractivity contribution is -0.139. The molecule has 2 heterocycles. The highest BCUT2D eigenvalue weighted by Gasteiger charge is 2.37. The van der Waals surface area contributed by atoms with E-state index in [1.165, 1.54) is 18.9 Å². The average molecular weight is 361 g/mol. The second-order valence-corrected chi connectivity index (χ2v) is 6.55. The Labute approximate surface area is 147 Å². The summed E-state index contributed by atoms with van der Waals surface area (Å²) in [5.74, 6) is -1.89. The van der Waals surface area contributed by atoms with Gasteiger partial charge in [-0.25, -0.2) is 8.78 Å². The highest BCUT2D eigenvalue weighted by atomic mass is 35.5. The SMILES string of the molecule is CC(Oc1ccc(F)c(F)c1)C(=O)N(C)C1CC2CCC(C1)N2.Cl. The predicted octanol–water partition coefficient (Wildman–Crippen LogP) is 2.90. The molecule has 134 valence electrons. The molecule has 2 saturated heterocycles. The molecule has 0 saturated carbocycles. The average Bonchev–Trinajstić information content (AvgIpc) is 2.87. The fourth-order valence-corrected chi connectivity index (χ4v) is 3.61. The van der Waals surface area contributed by atoms with Crippen LogP contribution in [-0.2, 0) is 4.79 Å². The van der Waals surface area contributed by atoms with E-state index in [2.05, 4.69) is 5.32 Å². The van der Waals surface area contributed by atoms with E-state index in [-0.39, 0.29) is 30.1 Å². The maximum Gasteiger partial charge on any atom is 0.263 e. The number of amides is 1. The summed E-state index contributed by atoms with van der Waals surface area (Å²) in [5.41, 5.74) is 0. The summed E-state index contributed by atoms with van der Waals surface area (Å²) in [5, 5.41) is 3.55. The van der Waals surface area contributed by atoms with Crippen LogP contribution in [0.2, 0.25) is 0 Å². The number of hydrogen-bond donors (Lipinski definition) is 1. The number of piperidine rings is 1. The molecule has 1 aromatic carbocycles. The van der Waals surface area contributed by atoms with Crippen LogP contribution in [0.3, 0.4) is 0 Å². The number of rotatable bonds is 4. The minimum Gasteiger partial charge on any atom is -0.481 e. The summed E-state index contributed by atoms with van der Waals surface area (Å²) in [6.07, 6.45) is 3.51. The molecule has 2 aliphatic rings. The zero-order chi connectivity index (χ0) is 16.6. The summed E-state index contributed by atoms with van der Waals surface area (Å²) in [6.45, 7) is 1.63. The Morgan fingerprint density at radius 3 is 2.46 bits per heavy atom.